The number of halogens is 2. The molecule has 0 amide bonds. The first-order valence-electron chi connectivity index (χ1n) is 10.7. The topological polar surface area (TPSA) is 86.7 Å². The van der Waals surface area contributed by atoms with E-state index < -0.39 is 5.97 Å². The van der Waals surface area contributed by atoms with Crippen LogP contribution in [0.25, 0.3) is 0 Å². The molecule has 1 aliphatic rings. The van der Waals surface area contributed by atoms with E-state index in [4.69, 9.17) is 4.74 Å². The minimum atomic E-state index is -1.11. The number of rotatable bonds is 3. The van der Waals surface area contributed by atoms with Gasteiger partial charge in [0, 0.05) is 68.2 Å². The summed E-state index contributed by atoms with van der Waals surface area (Å²) >= 11 is 4.24. The van der Waals surface area contributed by atoms with Gasteiger partial charge in [-0.1, -0.05) is 0 Å². The third-order valence-electron chi connectivity index (χ3n) is 7.09. The van der Waals surface area contributed by atoms with Gasteiger partial charge in [-0.25, -0.2) is 0 Å². The van der Waals surface area contributed by atoms with Crippen molar-refractivity contribution in [3.8, 4) is 0 Å². The third-order valence-corrected chi connectivity index (χ3v) is 7.09. The molecule has 3 rings (SSSR count). The number of aliphatic hydroxyl groups excluding tert-OH is 1. The van der Waals surface area contributed by atoms with E-state index >= 15 is 0 Å². The van der Waals surface area contributed by atoms with Crippen LogP contribution >= 0.6 is 37.2 Å². The second kappa shape index (κ2) is 17.1. The molecule has 1 N–H and O–H groups in total. The van der Waals surface area contributed by atoms with Crippen molar-refractivity contribution in [2.75, 3.05) is 0 Å². The van der Waals surface area contributed by atoms with E-state index in [9.17, 15) is 19.8 Å². The molecular formula is C26H33I2NaO5V. The smallest absolute Gasteiger partial charge is 0.550 e. The van der Waals surface area contributed by atoms with Gasteiger partial charge < -0.3 is 19.7 Å². The molecule has 35 heavy (non-hydrogen) atoms. The van der Waals surface area contributed by atoms with Crippen molar-refractivity contribution in [2.45, 2.75) is 81.4 Å². The molecule has 187 valence electrons. The molecule has 2 aromatic rings. The Morgan fingerprint density at radius 1 is 0.800 bits per heavy atom. The molecule has 0 saturated carbocycles. The van der Waals surface area contributed by atoms with Crippen LogP contribution in [0.15, 0.2) is 0 Å². The summed E-state index contributed by atoms with van der Waals surface area (Å²) in [6.45, 7) is 16.5. The first-order valence-corrected chi connectivity index (χ1v) is 17.0. The van der Waals surface area contributed by atoms with Crippen LogP contribution in [0.3, 0.4) is 0 Å². The van der Waals surface area contributed by atoms with Gasteiger partial charge in [-0.15, -0.1) is 0 Å². The number of carboxylic acids is 1. The molecule has 0 aliphatic carbocycles. The number of carbonyl (C=O) groups excluding carboxylic acids is 2. The van der Waals surface area contributed by atoms with Gasteiger partial charge >= 0.3 is 35.5 Å². The molecule has 0 bridgehead atoms. The second-order valence-corrected chi connectivity index (χ2v) is 8.46. The SMILES string of the molecule is Cc1c(C)c(C)c(CC(=O)[O-])c(CO)c1C.Cc1c(C)c(C)c2c(c1C)COC(=O)C2.II.[Na+].[V]. The summed E-state index contributed by atoms with van der Waals surface area (Å²) in [5.74, 6) is -1.21. The number of ether oxygens (including phenoxy) is 1. The van der Waals surface area contributed by atoms with Gasteiger partial charge in [-0.3, -0.25) is 4.79 Å². The molecular weight excluding hydrogens is 720 g/mol. The summed E-state index contributed by atoms with van der Waals surface area (Å²) in [7, 11) is 0. The maximum Gasteiger partial charge on any atom is 1.00 e. The molecule has 0 atom stereocenters. The van der Waals surface area contributed by atoms with Crippen LogP contribution in [-0.4, -0.2) is 17.0 Å². The summed E-state index contributed by atoms with van der Waals surface area (Å²) in [5, 5.41) is 20.0. The minimum Gasteiger partial charge on any atom is -0.550 e. The quantitative estimate of drug-likeness (QED) is 0.295. The summed E-state index contributed by atoms with van der Waals surface area (Å²) in [6.07, 6.45) is 0.298. The number of hydrogen-bond acceptors (Lipinski definition) is 5. The summed E-state index contributed by atoms with van der Waals surface area (Å²) < 4.78 is 5.10. The standard InChI is InChI=1S/C13H18O3.C13H16O2.I2.Na.V/c1-7-8(2)10(4)12(6-14)11(9(7)3)5-13(15)16;1-7-8(2)10(4)12-6-15-13(14)5-11(12)9(7)3;1-2;;/h14H,5-6H2,1-4H3,(H,15,16);5-6H2,1-4H3;;;/q;;;+1;/p-1. The van der Waals surface area contributed by atoms with Crippen molar-refractivity contribution in [3.05, 3.63) is 66.8 Å². The van der Waals surface area contributed by atoms with Gasteiger partial charge in [0.2, 0.25) is 0 Å². The van der Waals surface area contributed by atoms with E-state index in [-0.39, 0.29) is 67.1 Å². The molecule has 5 nitrogen and oxygen atoms in total. The normalized spacial score (nSPS) is 11.3. The van der Waals surface area contributed by atoms with Gasteiger partial charge in [0.25, 0.3) is 0 Å². The van der Waals surface area contributed by atoms with Crippen LogP contribution in [-0.2, 0) is 58.9 Å². The van der Waals surface area contributed by atoms with Crippen molar-refractivity contribution in [1.29, 1.82) is 0 Å². The number of hydrogen-bond donors (Lipinski definition) is 1. The average molecular weight is 753 g/mol. The Labute approximate surface area is 267 Å². The monoisotopic (exact) mass is 753 g/mol. The summed E-state index contributed by atoms with van der Waals surface area (Å²) in [5.41, 5.74) is 13.1. The van der Waals surface area contributed by atoms with Crippen LogP contribution in [0.4, 0.5) is 0 Å². The maximum atomic E-state index is 11.3. The summed E-state index contributed by atoms with van der Waals surface area (Å²) in [4.78, 5) is 22.0. The van der Waals surface area contributed by atoms with E-state index in [1.165, 1.54) is 33.4 Å². The number of aliphatic carboxylic acids is 1. The molecule has 0 unspecified atom stereocenters. The Hall–Kier alpha value is 0.384. The zero-order valence-electron chi connectivity index (χ0n) is 22.1. The Kier molecular flexibility index (Phi) is 18.3. The van der Waals surface area contributed by atoms with E-state index in [0.29, 0.717) is 18.6 Å². The first-order chi connectivity index (χ1) is 15.4. The van der Waals surface area contributed by atoms with Gasteiger partial charge in [0.05, 0.1) is 13.0 Å². The molecule has 2 aromatic carbocycles. The first kappa shape index (κ1) is 37.5. The largest absolute Gasteiger partial charge is 1.00 e. The predicted molar refractivity (Wildman–Crippen MR) is 147 cm³/mol. The van der Waals surface area contributed by atoms with E-state index in [1.54, 1.807) is 0 Å². The van der Waals surface area contributed by atoms with Crippen LogP contribution in [0.1, 0.15) is 66.8 Å². The van der Waals surface area contributed by atoms with E-state index in [0.717, 1.165) is 27.8 Å². The van der Waals surface area contributed by atoms with E-state index in [2.05, 4.69) is 64.9 Å². The molecule has 1 radical (unpaired) electrons. The Balaban J connectivity index is 0. The zero-order valence-corrected chi connectivity index (χ0v) is 29.8. The van der Waals surface area contributed by atoms with Gasteiger partial charge in [0.1, 0.15) is 6.61 Å². The van der Waals surface area contributed by atoms with Gasteiger partial charge in [0.15, 0.2) is 0 Å². The minimum absolute atomic E-state index is 0. The number of esters is 1. The number of cyclic esters (lactones) is 1. The number of benzene rings is 2. The van der Waals surface area contributed by atoms with Crippen molar-refractivity contribution in [1.82, 2.24) is 0 Å². The molecule has 0 fully saturated rings. The van der Waals surface area contributed by atoms with Gasteiger partial charge in [-0.2, -0.15) is 0 Å². The molecule has 0 spiro atoms. The Morgan fingerprint density at radius 3 is 1.63 bits per heavy atom. The predicted octanol–water partition coefficient (Wildman–Crippen LogP) is 2.00. The van der Waals surface area contributed by atoms with E-state index in [1.807, 2.05) is 27.7 Å². The summed E-state index contributed by atoms with van der Waals surface area (Å²) in [6, 6.07) is 0. The Bertz CT molecular complexity index is 1070. The van der Waals surface area contributed by atoms with Crippen LogP contribution in [0.2, 0.25) is 0 Å². The number of aliphatic hydroxyl groups is 1. The maximum absolute atomic E-state index is 11.3. The van der Waals surface area contributed by atoms with Crippen LogP contribution in [0.5, 0.6) is 0 Å². The average Bonchev–Trinajstić information content (AvgIpc) is 2.80. The van der Waals surface area contributed by atoms with Crippen LogP contribution < -0.4 is 34.7 Å². The molecule has 0 aromatic heterocycles. The number of carbonyl (C=O) groups is 2. The Morgan fingerprint density at radius 2 is 1.20 bits per heavy atom. The number of fused-ring (bicyclic) bond motifs is 1. The van der Waals surface area contributed by atoms with Crippen LogP contribution in [0, 0.1) is 55.4 Å². The molecule has 0 saturated heterocycles. The zero-order chi connectivity index (χ0) is 25.6. The fourth-order valence-electron chi connectivity index (χ4n) is 4.32. The van der Waals surface area contributed by atoms with Crippen molar-refractivity contribution < 1.29 is 72.7 Å². The molecule has 1 heterocycles. The van der Waals surface area contributed by atoms with Crippen molar-refractivity contribution >= 4 is 49.2 Å². The molecule has 9 heteroatoms. The van der Waals surface area contributed by atoms with Gasteiger partial charge in [-0.05, 0) is 122 Å². The van der Waals surface area contributed by atoms with Crippen molar-refractivity contribution in [3.63, 3.8) is 0 Å². The fraction of sp³-hybridized carbons (Fsp3) is 0.462. The fourth-order valence-corrected chi connectivity index (χ4v) is 4.32. The molecule has 1 aliphatic heterocycles. The second-order valence-electron chi connectivity index (χ2n) is 8.46. The van der Waals surface area contributed by atoms with Crippen molar-refractivity contribution in [2.24, 2.45) is 0 Å². The third kappa shape index (κ3) is 8.98. The number of carboxylic acid groups (broad SMARTS) is 1.